The molecule has 90 valence electrons. The van der Waals surface area contributed by atoms with Gasteiger partial charge in [-0.3, -0.25) is 0 Å². The van der Waals surface area contributed by atoms with Gasteiger partial charge in [0.25, 0.3) is 0 Å². The molecule has 0 aliphatic rings. The highest BCUT2D eigenvalue weighted by Crippen LogP contribution is 2.11. The van der Waals surface area contributed by atoms with Gasteiger partial charge in [-0.1, -0.05) is 13.8 Å². The lowest BCUT2D eigenvalue weighted by Crippen LogP contribution is -2.23. The molecular formula is C12H22N4. The van der Waals surface area contributed by atoms with Crippen LogP contribution in [0.25, 0.3) is 0 Å². The molecule has 1 aromatic rings. The van der Waals surface area contributed by atoms with Crippen LogP contribution in [0.2, 0.25) is 0 Å². The predicted molar refractivity (Wildman–Crippen MR) is 68.9 cm³/mol. The first kappa shape index (κ1) is 12.7. The van der Waals surface area contributed by atoms with E-state index in [1.165, 1.54) is 0 Å². The summed E-state index contributed by atoms with van der Waals surface area (Å²) in [6.45, 7) is 11.4. The third-order valence-corrected chi connectivity index (χ3v) is 2.40. The summed E-state index contributed by atoms with van der Waals surface area (Å²) in [6, 6.07) is 1.95. The maximum atomic E-state index is 4.49. The van der Waals surface area contributed by atoms with Crippen molar-refractivity contribution >= 4 is 11.8 Å². The maximum absolute atomic E-state index is 4.49. The van der Waals surface area contributed by atoms with Crippen LogP contribution in [0.15, 0.2) is 12.3 Å². The summed E-state index contributed by atoms with van der Waals surface area (Å²) in [5, 5.41) is 3.24. The van der Waals surface area contributed by atoms with E-state index >= 15 is 0 Å². The van der Waals surface area contributed by atoms with E-state index in [9.17, 15) is 0 Å². The molecular weight excluding hydrogens is 200 g/mol. The van der Waals surface area contributed by atoms with Crippen molar-refractivity contribution in [2.45, 2.75) is 27.7 Å². The lowest BCUT2D eigenvalue weighted by molar-refractivity contribution is 0.684. The van der Waals surface area contributed by atoms with E-state index in [0.29, 0.717) is 5.92 Å². The Hall–Kier alpha value is -1.32. The van der Waals surface area contributed by atoms with E-state index in [-0.39, 0.29) is 0 Å². The van der Waals surface area contributed by atoms with Crippen molar-refractivity contribution in [3.05, 3.63) is 12.3 Å². The Labute approximate surface area is 98.1 Å². The summed E-state index contributed by atoms with van der Waals surface area (Å²) in [5.41, 5.74) is 0. The van der Waals surface area contributed by atoms with Gasteiger partial charge in [0.15, 0.2) is 0 Å². The summed E-state index contributed by atoms with van der Waals surface area (Å²) in [5.74, 6) is 2.31. The molecule has 0 saturated heterocycles. The van der Waals surface area contributed by atoms with Crippen LogP contribution in [0.4, 0.5) is 11.8 Å². The Kier molecular flexibility index (Phi) is 5.02. The van der Waals surface area contributed by atoms with E-state index in [4.69, 9.17) is 0 Å². The minimum absolute atomic E-state index is 0.598. The summed E-state index contributed by atoms with van der Waals surface area (Å²) < 4.78 is 0. The molecule has 0 bridgehead atoms. The molecule has 1 rings (SSSR count). The topological polar surface area (TPSA) is 41.1 Å². The summed E-state index contributed by atoms with van der Waals surface area (Å²) >= 11 is 0. The van der Waals surface area contributed by atoms with Crippen LogP contribution in [-0.4, -0.2) is 29.6 Å². The number of nitrogens with zero attached hydrogens (tertiary/aromatic N) is 3. The average molecular weight is 222 g/mol. The Balaban J connectivity index is 2.70. The van der Waals surface area contributed by atoms with Gasteiger partial charge in [-0.15, -0.1) is 0 Å². The minimum Gasteiger partial charge on any atom is -0.357 e. The number of nitrogens with one attached hydrogen (secondary N) is 1. The highest BCUT2D eigenvalue weighted by Gasteiger charge is 2.05. The molecule has 1 aromatic heterocycles. The largest absolute Gasteiger partial charge is 0.357 e. The molecule has 0 atom stereocenters. The lowest BCUT2D eigenvalue weighted by Gasteiger charge is -2.20. The highest BCUT2D eigenvalue weighted by atomic mass is 15.2. The number of rotatable bonds is 6. The monoisotopic (exact) mass is 222 g/mol. The standard InChI is InChI=1S/C12H22N4/c1-5-16(6-2)11-7-8-13-12(15-11)14-9-10(3)4/h7-8,10H,5-6,9H2,1-4H3,(H,13,14,15). The molecule has 0 amide bonds. The molecule has 0 aromatic carbocycles. The predicted octanol–water partition coefficient (Wildman–Crippen LogP) is 2.39. The van der Waals surface area contributed by atoms with Gasteiger partial charge in [0.05, 0.1) is 0 Å². The van der Waals surface area contributed by atoms with E-state index in [0.717, 1.165) is 31.4 Å². The fourth-order valence-corrected chi connectivity index (χ4v) is 1.45. The van der Waals surface area contributed by atoms with Gasteiger partial charge >= 0.3 is 0 Å². The molecule has 1 heterocycles. The smallest absolute Gasteiger partial charge is 0.224 e. The molecule has 1 N–H and O–H groups in total. The van der Waals surface area contributed by atoms with Crippen LogP contribution < -0.4 is 10.2 Å². The number of aromatic nitrogens is 2. The fraction of sp³-hybridized carbons (Fsp3) is 0.667. The minimum atomic E-state index is 0.598. The summed E-state index contributed by atoms with van der Waals surface area (Å²) in [7, 11) is 0. The van der Waals surface area contributed by atoms with Gasteiger partial charge < -0.3 is 10.2 Å². The molecule has 0 spiro atoms. The zero-order valence-electron chi connectivity index (χ0n) is 10.7. The lowest BCUT2D eigenvalue weighted by atomic mass is 10.2. The van der Waals surface area contributed by atoms with Crippen LogP contribution in [-0.2, 0) is 0 Å². The third kappa shape index (κ3) is 3.68. The van der Waals surface area contributed by atoms with Gasteiger partial charge in [-0.2, -0.15) is 4.98 Å². The molecule has 0 aliphatic heterocycles. The number of hydrogen-bond acceptors (Lipinski definition) is 4. The normalized spacial score (nSPS) is 10.6. The Morgan fingerprint density at radius 2 is 2.00 bits per heavy atom. The Morgan fingerprint density at radius 3 is 2.56 bits per heavy atom. The van der Waals surface area contributed by atoms with Crippen molar-refractivity contribution < 1.29 is 0 Å². The Morgan fingerprint density at radius 1 is 1.31 bits per heavy atom. The zero-order chi connectivity index (χ0) is 12.0. The molecule has 4 nitrogen and oxygen atoms in total. The molecule has 0 aliphatic carbocycles. The van der Waals surface area contributed by atoms with E-state index in [2.05, 4.69) is 47.9 Å². The quantitative estimate of drug-likeness (QED) is 0.802. The van der Waals surface area contributed by atoms with E-state index < -0.39 is 0 Å². The van der Waals surface area contributed by atoms with Crippen molar-refractivity contribution in [3.8, 4) is 0 Å². The number of anilines is 2. The SMILES string of the molecule is CCN(CC)c1ccnc(NCC(C)C)n1. The molecule has 4 heteroatoms. The van der Waals surface area contributed by atoms with Crippen LogP contribution in [0, 0.1) is 5.92 Å². The van der Waals surface area contributed by atoms with Crippen molar-refractivity contribution in [1.82, 2.24) is 9.97 Å². The van der Waals surface area contributed by atoms with E-state index in [1.54, 1.807) is 0 Å². The van der Waals surface area contributed by atoms with Crippen LogP contribution in [0.1, 0.15) is 27.7 Å². The molecule has 0 fully saturated rings. The number of hydrogen-bond donors (Lipinski definition) is 1. The summed E-state index contributed by atoms with van der Waals surface area (Å²) in [4.78, 5) is 10.9. The maximum Gasteiger partial charge on any atom is 0.224 e. The first-order chi connectivity index (χ1) is 7.67. The highest BCUT2D eigenvalue weighted by molar-refractivity contribution is 5.42. The molecule has 16 heavy (non-hydrogen) atoms. The van der Waals surface area contributed by atoms with Crippen molar-refractivity contribution in [1.29, 1.82) is 0 Å². The van der Waals surface area contributed by atoms with Crippen molar-refractivity contribution in [3.63, 3.8) is 0 Å². The second-order valence-electron chi connectivity index (χ2n) is 4.19. The molecule has 0 saturated carbocycles. The van der Waals surface area contributed by atoms with Crippen LogP contribution in [0.3, 0.4) is 0 Å². The fourth-order valence-electron chi connectivity index (χ4n) is 1.45. The van der Waals surface area contributed by atoms with Gasteiger partial charge in [-0.05, 0) is 25.8 Å². The molecule has 0 unspecified atom stereocenters. The first-order valence-electron chi connectivity index (χ1n) is 5.99. The van der Waals surface area contributed by atoms with Gasteiger partial charge in [0.1, 0.15) is 5.82 Å². The van der Waals surface area contributed by atoms with Crippen molar-refractivity contribution in [2.24, 2.45) is 5.92 Å². The van der Waals surface area contributed by atoms with Gasteiger partial charge in [0.2, 0.25) is 5.95 Å². The first-order valence-corrected chi connectivity index (χ1v) is 5.99. The van der Waals surface area contributed by atoms with Crippen LogP contribution >= 0.6 is 0 Å². The molecule has 0 radical (unpaired) electrons. The van der Waals surface area contributed by atoms with Crippen LogP contribution in [0.5, 0.6) is 0 Å². The Bertz CT molecular complexity index is 308. The second kappa shape index (κ2) is 6.30. The average Bonchev–Trinajstić information content (AvgIpc) is 2.29. The zero-order valence-corrected chi connectivity index (χ0v) is 10.7. The van der Waals surface area contributed by atoms with Gasteiger partial charge in [0, 0.05) is 25.8 Å². The van der Waals surface area contributed by atoms with E-state index in [1.807, 2.05) is 12.3 Å². The second-order valence-corrected chi connectivity index (χ2v) is 4.19. The van der Waals surface area contributed by atoms with Gasteiger partial charge in [-0.25, -0.2) is 4.98 Å². The summed E-state index contributed by atoms with van der Waals surface area (Å²) in [6.07, 6.45) is 1.81. The van der Waals surface area contributed by atoms with Crippen molar-refractivity contribution in [2.75, 3.05) is 29.9 Å². The third-order valence-electron chi connectivity index (χ3n) is 2.40.